The Kier molecular flexibility index (Phi) is 6.37. The number of ether oxygens (including phenoxy) is 1. The molecule has 2 rings (SSSR count). The highest BCUT2D eigenvalue weighted by Gasteiger charge is 2.25. The van der Waals surface area contributed by atoms with Crippen LogP contribution in [0, 0.1) is 0 Å². The van der Waals surface area contributed by atoms with E-state index >= 15 is 0 Å². The standard InChI is InChI=1S/C16H26N2O3S/c1-17(12-11-16-10-6-7-13-21-16)22(19,20)18(2)14-15-8-4-3-5-9-15/h3-5,8-9,16H,6-7,10-14H2,1-2H3. The van der Waals surface area contributed by atoms with Crippen LogP contribution in [0.2, 0.25) is 0 Å². The molecule has 0 bridgehead atoms. The van der Waals surface area contributed by atoms with Crippen LogP contribution in [0.25, 0.3) is 0 Å². The van der Waals surface area contributed by atoms with Gasteiger partial charge in [0.2, 0.25) is 0 Å². The van der Waals surface area contributed by atoms with Gasteiger partial charge in [0.25, 0.3) is 10.2 Å². The highest BCUT2D eigenvalue weighted by atomic mass is 32.2. The van der Waals surface area contributed by atoms with Crippen molar-refractivity contribution in [3.8, 4) is 0 Å². The lowest BCUT2D eigenvalue weighted by Gasteiger charge is -2.27. The van der Waals surface area contributed by atoms with Crippen molar-refractivity contribution < 1.29 is 13.2 Å². The van der Waals surface area contributed by atoms with Crippen LogP contribution in [0.4, 0.5) is 0 Å². The minimum absolute atomic E-state index is 0.200. The van der Waals surface area contributed by atoms with E-state index in [4.69, 9.17) is 4.74 Å². The number of nitrogens with zero attached hydrogens (tertiary/aromatic N) is 2. The molecule has 0 aromatic heterocycles. The van der Waals surface area contributed by atoms with Gasteiger partial charge >= 0.3 is 0 Å². The largest absolute Gasteiger partial charge is 0.378 e. The van der Waals surface area contributed by atoms with E-state index in [0.29, 0.717) is 13.1 Å². The van der Waals surface area contributed by atoms with E-state index in [-0.39, 0.29) is 6.10 Å². The summed E-state index contributed by atoms with van der Waals surface area (Å²) in [6, 6.07) is 9.62. The second-order valence-electron chi connectivity index (χ2n) is 5.85. The minimum atomic E-state index is -3.43. The van der Waals surface area contributed by atoms with Gasteiger partial charge in [-0.05, 0) is 31.2 Å². The van der Waals surface area contributed by atoms with E-state index in [9.17, 15) is 8.42 Å². The molecule has 0 saturated carbocycles. The van der Waals surface area contributed by atoms with Crippen LogP contribution in [0.15, 0.2) is 30.3 Å². The quantitative estimate of drug-likeness (QED) is 0.772. The monoisotopic (exact) mass is 326 g/mol. The highest BCUT2D eigenvalue weighted by molar-refractivity contribution is 7.86. The van der Waals surface area contributed by atoms with Crippen molar-refractivity contribution in [3.05, 3.63) is 35.9 Å². The molecule has 1 aliphatic rings. The van der Waals surface area contributed by atoms with Crippen LogP contribution >= 0.6 is 0 Å². The van der Waals surface area contributed by atoms with Gasteiger partial charge < -0.3 is 4.74 Å². The number of hydrogen-bond donors (Lipinski definition) is 0. The normalized spacial score (nSPS) is 19.7. The van der Waals surface area contributed by atoms with Crippen LogP contribution in [-0.2, 0) is 21.5 Å². The second kappa shape index (κ2) is 8.06. The zero-order valence-corrected chi connectivity index (χ0v) is 14.3. The van der Waals surface area contributed by atoms with Crippen molar-refractivity contribution in [3.63, 3.8) is 0 Å². The van der Waals surface area contributed by atoms with Gasteiger partial charge in [-0.2, -0.15) is 17.0 Å². The first kappa shape index (κ1) is 17.4. The molecule has 6 heteroatoms. The Bertz CT molecular complexity index is 542. The third-order valence-corrected chi connectivity index (χ3v) is 5.96. The highest BCUT2D eigenvalue weighted by Crippen LogP contribution is 2.17. The summed E-state index contributed by atoms with van der Waals surface area (Å²) in [4.78, 5) is 0. The average molecular weight is 326 g/mol. The summed E-state index contributed by atoms with van der Waals surface area (Å²) in [5.41, 5.74) is 0.984. The molecule has 1 aromatic carbocycles. The van der Waals surface area contributed by atoms with Gasteiger partial charge in [-0.15, -0.1) is 0 Å². The molecule has 5 nitrogen and oxygen atoms in total. The lowest BCUT2D eigenvalue weighted by Crippen LogP contribution is -2.40. The molecule has 22 heavy (non-hydrogen) atoms. The van der Waals surface area contributed by atoms with Gasteiger partial charge in [-0.3, -0.25) is 0 Å². The fourth-order valence-electron chi connectivity index (χ4n) is 2.64. The number of rotatable bonds is 7. The molecule has 0 amide bonds. The molecular formula is C16H26N2O3S. The van der Waals surface area contributed by atoms with Crippen LogP contribution in [0.5, 0.6) is 0 Å². The van der Waals surface area contributed by atoms with Crippen molar-refractivity contribution in [2.45, 2.75) is 38.3 Å². The molecular weight excluding hydrogens is 300 g/mol. The Balaban J connectivity index is 1.87. The average Bonchev–Trinajstić information content (AvgIpc) is 2.54. The summed E-state index contributed by atoms with van der Waals surface area (Å²) in [5, 5.41) is 0. The molecule has 0 N–H and O–H groups in total. The summed E-state index contributed by atoms with van der Waals surface area (Å²) in [6.45, 7) is 1.68. The first-order chi connectivity index (χ1) is 10.5. The number of benzene rings is 1. The number of hydrogen-bond acceptors (Lipinski definition) is 3. The van der Waals surface area contributed by atoms with E-state index in [0.717, 1.165) is 31.4 Å². The topological polar surface area (TPSA) is 49.9 Å². The lowest BCUT2D eigenvalue weighted by atomic mass is 10.1. The summed E-state index contributed by atoms with van der Waals surface area (Å²) in [5.74, 6) is 0. The van der Waals surface area contributed by atoms with Gasteiger partial charge in [0.05, 0.1) is 6.10 Å². The van der Waals surface area contributed by atoms with Crippen molar-refractivity contribution in [2.24, 2.45) is 0 Å². The summed E-state index contributed by atoms with van der Waals surface area (Å²) in [7, 11) is -0.167. The SMILES string of the molecule is CN(CCC1CCCCO1)S(=O)(=O)N(C)Cc1ccccc1. The fourth-order valence-corrected chi connectivity index (χ4v) is 3.76. The lowest BCUT2D eigenvalue weighted by molar-refractivity contribution is 0.00936. The zero-order valence-electron chi connectivity index (χ0n) is 13.4. The van der Waals surface area contributed by atoms with Crippen molar-refractivity contribution in [1.29, 1.82) is 0 Å². The Morgan fingerprint density at radius 1 is 1.14 bits per heavy atom. The summed E-state index contributed by atoms with van der Waals surface area (Å²) >= 11 is 0. The van der Waals surface area contributed by atoms with E-state index in [2.05, 4.69) is 0 Å². The van der Waals surface area contributed by atoms with E-state index < -0.39 is 10.2 Å². The Hall–Kier alpha value is -0.950. The van der Waals surface area contributed by atoms with E-state index in [1.807, 2.05) is 30.3 Å². The fraction of sp³-hybridized carbons (Fsp3) is 0.625. The van der Waals surface area contributed by atoms with Gasteiger partial charge in [0.1, 0.15) is 0 Å². The molecule has 1 aromatic rings. The van der Waals surface area contributed by atoms with Crippen LogP contribution in [0.1, 0.15) is 31.2 Å². The Morgan fingerprint density at radius 2 is 1.86 bits per heavy atom. The molecule has 1 aliphatic heterocycles. The van der Waals surface area contributed by atoms with Gasteiger partial charge in [0, 0.05) is 33.8 Å². The first-order valence-corrected chi connectivity index (χ1v) is 9.23. The Labute approximate surface area is 134 Å². The maximum Gasteiger partial charge on any atom is 0.281 e. The predicted molar refractivity (Wildman–Crippen MR) is 87.7 cm³/mol. The van der Waals surface area contributed by atoms with Crippen LogP contribution in [-0.4, -0.2) is 50.4 Å². The third-order valence-electron chi connectivity index (χ3n) is 4.08. The maximum atomic E-state index is 12.5. The predicted octanol–water partition coefficient (Wildman–Crippen LogP) is 2.25. The van der Waals surface area contributed by atoms with Crippen molar-refractivity contribution in [1.82, 2.24) is 8.61 Å². The Morgan fingerprint density at radius 3 is 2.50 bits per heavy atom. The molecule has 1 fully saturated rings. The smallest absolute Gasteiger partial charge is 0.281 e. The van der Waals surface area contributed by atoms with Gasteiger partial charge in [-0.25, -0.2) is 0 Å². The molecule has 124 valence electrons. The van der Waals surface area contributed by atoms with Crippen LogP contribution < -0.4 is 0 Å². The summed E-state index contributed by atoms with van der Waals surface area (Å²) in [6.07, 6.45) is 4.29. The second-order valence-corrected chi connectivity index (χ2v) is 7.99. The van der Waals surface area contributed by atoms with Gasteiger partial charge in [-0.1, -0.05) is 30.3 Å². The molecule has 1 atom stereocenters. The molecule has 1 unspecified atom stereocenters. The molecule has 1 heterocycles. The van der Waals surface area contributed by atoms with E-state index in [1.54, 1.807) is 14.1 Å². The zero-order chi connectivity index (χ0) is 16.0. The molecule has 0 aliphatic carbocycles. The van der Waals surface area contributed by atoms with Gasteiger partial charge in [0.15, 0.2) is 0 Å². The van der Waals surface area contributed by atoms with E-state index in [1.165, 1.54) is 15.0 Å². The van der Waals surface area contributed by atoms with Crippen molar-refractivity contribution in [2.75, 3.05) is 27.2 Å². The maximum absolute atomic E-state index is 12.5. The first-order valence-electron chi connectivity index (χ1n) is 7.83. The molecule has 1 saturated heterocycles. The summed E-state index contributed by atoms with van der Waals surface area (Å²) < 4.78 is 33.5. The molecule has 0 radical (unpaired) electrons. The molecule has 0 spiro atoms. The van der Waals surface area contributed by atoms with Crippen LogP contribution in [0.3, 0.4) is 0 Å². The minimum Gasteiger partial charge on any atom is -0.378 e. The van der Waals surface area contributed by atoms with Crippen molar-refractivity contribution >= 4 is 10.2 Å². The third kappa shape index (κ3) is 4.78.